The summed E-state index contributed by atoms with van der Waals surface area (Å²) >= 11 is 5.04. The molecule has 2 aromatic carbocycles. The van der Waals surface area contributed by atoms with Crippen LogP contribution in [-0.4, -0.2) is 10.5 Å². The quantitative estimate of drug-likeness (QED) is 0.666. The molecule has 0 aliphatic carbocycles. The molecular weight excluding hydrogens is 374 g/mol. The van der Waals surface area contributed by atoms with Gasteiger partial charge in [0.1, 0.15) is 0 Å². The number of halogens is 1. The van der Waals surface area contributed by atoms with Crippen LogP contribution in [0.2, 0.25) is 0 Å². The summed E-state index contributed by atoms with van der Waals surface area (Å²) in [5, 5.41) is 8.81. The van der Waals surface area contributed by atoms with Crippen molar-refractivity contribution < 1.29 is 4.79 Å². The Kier molecular flexibility index (Phi) is 4.42. The summed E-state index contributed by atoms with van der Waals surface area (Å²) in [6.45, 7) is 2.75. The lowest BCUT2D eigenvalue weighted by molar-refractivity contribution is 0.0998. The van der Waals surface area contributed by atoms with Crippen molar-refractivity contribution >= 4 is 43.4 Å². The van der Waals surface area contributed by atoms with Crippen LogP contribution in [0.1, 0.15) is 22.8 Å². The maximum Gasteiger partial charge on any atom is 0.279 e. The summed E-state index contributed by atoms with van der Waals surface area (Å²) in [4.78, 5) is 17.3. The van der Waals surface area contributed by atoms with Gasteiger partial charge >= 0.3 is 0 Å². The van der Waals surface area contributed by atoms with Gasteiger partial charge in [-0.05, 0) is 59.3 Å². The van der Waals surface area contributed by atoms with Gasteiger partial charge in [-0.1, -0.05) is 17.4 Å². The van der Waals surface area contributed by atoms with E-state index in [4.69, 9.17) is 5.26 Å². The Bertz CT molecular complexity index is 993. The summed E-state index contributed by atoms with van der Waals surface area (Å²) in [7, 11) is 0. The Morgan fingerprint density at radius 1 is 1.30 bits per heavy atom. The van der Waals surface area contributed by atoms with Gasteiger partial charge in [-0.2, -0.15) is 10.3 Å². The highest BCUT2D eigenvalue weighted by molar-refractivity contribution is 9.10. The fraction of sp³-hybridized carbons (Fsp3) is 0.118. The van der Waals surface area contributed by atoms with Crippen molar-refractivity contribution in [3.05, 3.63) is 62.9 Å². The molecule has 0 saturated carbocycles. The highest BCUT2D eigenvalue weighted by Crippen LogP contribution is 2.25. The third-order valence-corrected chi connectivity index (χ3v) is 5.11. The fourth-order valence-electron chi connectivity index (χ4n) is 2.30. The molecule has 0 spiro atoms. The molecule has 0 saturated heterocycles. The van der Waals surface area contributed by atoms with E-state index in [1.165, 1.54) is 11.3 Å². The molecule has 4 nitrogen and oxygen atoms in total. The van der Waals surface area contributed by atoms with Crippen molar-refractivity contribution in [1.29, 1.82) is 5.26 Å². The maximum absolute atomic E-state index is 12.4. The van der Waals surface area contributed by atoms with Gasteiger partial charge in [-0.15, -0.1) is 0 Å². The number of carbonyl (C=O) groups excluding carboxylic acids is 1. The van der Waals surface area contributed by atoms with Gasteiger partial charge in [-0.25, -0.2) is 0 Å². The Labute approximate surface area is 145 Å². The van der Waals surface area contributed by atoms with E-state index in [-0.39, 0.29) is 5.91 Å². The lowest BCUT2D eigenvalue weighted by Crippen LogP contribution is -2.16. The first-order valence-electron chi connectivity index (χ1n) is 7.01. The molecule has 1 heterocycles. The average Bonchev–Trinajstić information content (AvgIpc) is 2.93. The van der Waals surface area contributed by atoms with Crippen molar-refractivity contribution in [2.75, 3.05) is 0 Å². The van der Waals surface area contributed by atoms with Gasteiger partial charge in [0.2, 0.25) is 0 Å². The number of thiazole rings is 1. The molecule has 3 rings (SSSR count). The number of aromatic nitrogens is 1. The number of hydrogen-bond acceptors (Lipinski definition) is 3. The van der Waals surface area contributed by atoms with Crippen molar-refractivity contribution in [1.82, 2.24) is 4.57 Å². The second kappa shape index (κ2) is 6.49. The molecule has 6 heteroatoms. The number of para-hydroxylation sites is 1. The number of carbonyl (C=O) groups is 1. The first-order valence-corrected chi connectivity index (χ1v) is 8.62. The molecule has 114 valence electrons. The van der Waals surface area contributed by atoms with Crippen LogP contribution in [0.5, 0.6) is 0 Å². The lowest BCUT2D eigenvalue weighted by atomic mass is 10.1. The molecular formula is C17H12BrN3OS. The minimum absolute atomic E-state index is 0.306. The molecule has 0 bridgehead atoms. The van der Waals surface area contributed by atoms with E-state index in [9.17, 15) is 4.79 Å². The largest absolute Gasteiger partial charge is 0.316 e. The van der Waals surface area contributed by atoms with Crippen molar-refractivity contribution in [3.63, 3.8) is 0 Å². The van der Waals surface area contributed by atoms with Gasteiger partial charge in [0, 0.05) is 16.6 Å². The standard InChI is InChI=1S/C17H12BrN3OS/c1-2-21-15-13(18)4-3-5-14(15)23-17(21)20-16(22)12-8-6-11(10-19)7-9-12/h3-9H,2H2,1H3. The van der Waals surface area contributed by atoms with Gasteiger partial charge in [0.25, 0.3) is 5.91 Å². The van der Waals surface area contributed by atoms with Crippen LogP contribution in [0.15, 0.2) is 51.9 Å². The van der Waals surface area contributed by atoms with Crippen LogP contribution >= 0.6 is 27.3 Å². The van der Waals surface area contributed by atoms with Crippen LogP contribution in [0.25, 0.3) is 10.2 Å². The summed E-state index contributed by atoms with van der Waals surface area (Å²) in [5.74, 6) is -0.306. The molecule has 0 radical (unpaired) electrons. The number of hydrogen-bond donors (Lipinski definition) is 0. The Morgan fingerprint density at radius 2 is 2.04 bits per heavy atom. The molecule has 0 fully saturated rings. The molecule has 1 amide bonds. The fourth-order valence-corrected chi connectivity index (χ4v) is 4.13. The van der Waals surface area contributed by atoms with E-state index in [0.29, 0.717) is 15.9 Å². The monoisotopic (exact) mass is 385 g/mol. The maximum atomic E-state index is 12.4. The van der Waals surface area contributed by atoms with E-state index in [1.54, 1.807) is 24.3 Å². The molecule has 0 N–H and O–H groups in total. The van der Waals surface area contributed by atoms with Crippen LogP contribution in [0.3, 0.4) is 0 Å². The number of benzene rings is 2. The highest BCUT2D eigenvalue weighted by atomic mass is 79.9. The minimum atomic E-state index is -0.306. The van der Waals surface area contributed by atoms with Gasteiger partial charge in [0.05, 0.1) is 21.8 Å². The number of rotatable bonds is 2. The van der Waals surface area contributed by atoms with Crippen molar-refractivity contribution in [3.8, 4) is 6.07 Å². The predicted octanol–water partition coefficient (Wildman–Crippen LogP) is 4.10. The van der Waals surface area contributed by atoms with E-state index >= 15 is 0 Å². The molecule has 1 aromatic heterocycles. The average molecular weight is 386 g/mol. The lowest BCUT2D eigenvalue weighted by Gasteiger charge is -2.02. The Balaban J connectivity index is 2.11. The number of amides is 1. The van der Waals surface area contributed by atoms with Gasteiger partial charge < -0.3 is 4.57 Å². The third kappa shape index (κ3) is 2.98. The van der Waals surface area contributed by atoms with E-state index < -0.39 is 0 Å². The first kappa shape index (κ1) is 15.7. The topological polar surface area (TPSA) is 58.1 Å². The zero-order valence-corrected chi connectivity index (χ0v) is 14.7. The van der Waals surface area contributed by atoms with Crippen LogP contribution in [-0.2, 0) is 6.54 Å². The van der Waals surface area contributed by atoms with Gasteiger partial charge in [-0.3, -0.25) is 4.79 Å². The summed E-state index contributed by atoms with van der Waals surface area (Å²) in [6, 6.07) is 14.5. The Morgan fingerprint density at radius 3 is 2.70 bits per heavy atom. The van der Waals surface area contributed by atoms with Crippen LogP contribution < -0.4 is 4.80 Å². The van der Waals surface area contributed by atoms with Crippen LogP contribution in [0.4, 0.5) is 0 Å². The summed E-state index contributed by atoms with van der Waals surface area (Å²) in [6.07, 6.45) is 0. The van der Waals surface area contributed by atoms with Crippen molar-refractivity contribution in [2.24, 2.45) is 4.99 Å². The second-order valence-electron chi connectivity index (χ2n) is 4.82. The molecule has 0 unspecified atom stereocenters. The number of nitrogens with zero attached hydrogens (tertiary/aromatic N) is 3. The van der Waals surface area contributed by atoms with Crippen LogP contribution in [0, 0.1) is 11.3 Å². The van der Waals surface area contributed by atoms with E-state index in [0.717, 1.165) is 21.2 Å². The first-order chi connectivity index (χ1) is 11.1. The predicted molar refractivity (Wildman–Crippen MR) is 94.2 cm³/mol. The molecule has 23 heavy (non-hydrogen) atoms. The van der Waals surface area contributed by atoms with E-state index in [2.05, 4.69) is 20.9 Å². The molecule has 0 aliphatic heterocycles. The smallest absolute Gasteiger partial charge is 0.279 e. The molecule has 3 aromatic rings. The second-order valence-corrected chi connectivity index (χ2v) is 6.69. The highest BCUT2D eigenvalue weighted by Gasteiger charge is 2.10. The normalized spacial score (nSPS) is 11.6. The zero-order chi connectivity index (χ0) is 16.4. The summed E-state index contributed by atoms with van der Waals surface area (Å²) < 4.78 is 4.08. The SMILES string of the molecule is CCn1c(=NC(=O)c2ccc(C#N)cc2)sc2cccc(Br)c21. The molecule has 0 aliphatic rings. The number of nitriles is 1. The third-order valence-electron chi connectivity index (χ3n) is 3.43. The molecule has 0 atom stereocenters. The van der Waals surface area contributed by atoms with Crippen molar-refractivity contribution in [2.45, 2.75) is 13.5 Å². The van der Waals surface area contributed by atoms with E-state index in [1.807, 2.05) is 35.8 Å². The van der Waals surface area contributed by atoms with Gasteiger partial charge in [0.15, 0.2) is 4.80 Å². The number of aryl methyl sites for hydroxylation is 1. The number of fused-ring (bicyclic) bond motifs is 1. The Hall–Kier alpha value is -2.23. The summed E-state index contributed by atoms with van der Waals surface area (Å²) in [5.41, 5.74) is 2.05. The minimum Gasteiger partial charge on any atom is -0.316 e. The zero-order valence-electron chi connectivity index (χ0n) is 12.3.